The van der Waals surface area contributed by atoms with E-state index in [2.05, 4.69) is 62.5 Å². The zero-order valence-corrected chi connectivity index (χ0v) is 15.9. The van der Waals surface area contributed by atoms with Gasteiger partial charge in [-0.1, -0.05) is 69.3 Å². The number of hydrogen-bond donors (Lipinski definition) is 1. The Morgan fingerprint density at radius 2 is 1.72 bits per heavy atom. The molecule has 1 aromatic heterocycles. The lowest BCUT2D eigenvalue weighted by Crippen LogP contribution is -2.33. The topological polar surface area (TPSA) is 29.1 Å². The highest BCUT2D eigenvalue weighted by atomic mass is 32.1. The molecule has 130 valence electrons. The van der Waals surface area contributed by atoms with Gasteiger partial charge in [0.1, 0.15) is 0 Å². The number of hydrogen-bond acceptors (Lipinski definition) is 3. The number of nitrogens with one attached hydrogen (secondary N) is 1. The van der Waals surface area contributed by atoms with E-state index >= 15 is 0 Å². The van der Waals surface area contributed by atoms with E-state index in [1.807, 2.05) is 24.3 Å². The van der Waals surface area contributed by atoms with E-state index in [-0.39, 0.29) is 17.2 Å². The number of ketones is 1. The van der Waals surface area contributed by atoms with Crippen molar-refractivity contribution in [2.75, 3.05) is 6.54 Å². The van der Waals surface area contributed by atoms with Gasteiger partial charge < -0.3 is 5.32 Å². The van der Waals surface area contributed by atoms with Gasteiger partial charge in [0.05, 0.1) is 4.88 Å². The van der Waals surface area contributed by atoms with Crippen LogP contribution in [0.4, 0.5) is 0 Å². The third-order valence-corrected chi connectivity index (χ3v) is 5.56. The van der Waals surface area contributed by atoms with E-state index in [0.29, 0.717) is 13.0 Å². The molecule has 2 aromatic carbocycles. The van der Waals surface area contributed by atoms with E-state index in [0.717, 1.165) is 10.3 Å². The summed E-state index contributed by atoms with van der Waals surface area (Å²) in [5.74, 6) is 0.217. The van der Waals surface area contributed by atoms with Crippen molar-refractivity contribution in [1.82, 2.24) is 5.32 Å². The summed E-state index contributed by atoms with van der Waals surface area (Å²) in [5.41, 5.74) is 1.35. The average Bonchev–Trinajstić information content (AvgIpc) is 3.02. The van der Waals surface area contributed by atoms with E-state index in [1.54, 1.807) is 11.3 Å². The first-order valence-corrected chi connectivity index (χ1v) is 9.57. The van der Waals surface area contributed by atoms with Crippen molar-refractivity contribution in [3.8, 4) is 0 Å². The number of rotatable bonds is 6. The Bertz CT molecular complexity index is 812. The third-order valence-electron chi connectivity index (χ3n) is 4.40. The van der Waals surface area contributed by atoms with Gasteiger partial charge in [0, 0.05) is 23.7 Å². The molecule has 0 aliphatic heterocycles. The van der Waals surface area contributed by atoms with Crippen molar-refractivity contribution >= 4 is 27.2 Å². The number of carbonyl (C=O) groups excluding carboxylic acids is 1. The van der Waals surface area contributed by atoms with Gasteiger partial charge in [-0.15, -0.1) is 11.3 Å². The SMILES string of the molecule is CC(C)(C)C(NCCC(=O)c1cc2ccccc2s1)c1ccccc1. The molecular weight excluding hydrogens is 326 g/mol. The Hall–Kier alpha value is -1.97. The first kappa shape index (κ1) is 17.8. The Balaban J connectivity index is 1.64. The molecule has 3 heteroatoms. The minimum atomic E-state index is 0.0853. The van der Waals surface area contributed by atoms with Gasteiger partial charge in [-0.25, -0.2) is 0 Å². The average molecular weight is 352 g/mol. The van der Waals surface area contributed by atoms with E-state index in [1.165, 1.54) is 10.3 Å². The fourth-order valence-corrected chi connectivity index (χ4v) is 4.17. The molecule has 0 fully saturated rings. The minimum Gasteiger partial charge on any atom is -0.309 e. The largest absolute Gasteiger partial charge is 0.309 e. The van der Waals surface area contributed by atoms with Crippen LogP contribution < -0.4 is 5.32 Å². The van der Waals surface area contributed by atoms with Crippen molar-refractivity contribution in [3.05, 3.63) is 71.1 Å². The Labute approximate surface area is 153 Å². The van der Waals surface area contributed by atoms with Crippen LogP contribution in [0.25, 0.3) is 10.1 Å². The number of carbonyl (C=O) groups is 1. The Morgan fingerprint density at radius 3 is 2.40 bits per heavy atom. The second-order valence-electron chi connectivity index (χ2n) is 7.49. The first-order valence-electron chi connectivity index (χ1n) is 8.75. The summed E-state index contributed by atoms with van der Waals surface area (Å²) in [6.45, 7) is 7.37. The molecule has 0 saturated heterocycles. The van der Waals surface area contributed by atoms with E-state index in [9.17, 15) is 4.79 Å². The lowest BCUT2D eigenvalue weighted by Gasteiger charge is -2.32. The van der Waals surface area contributed by atoms with Crippen LogP contribution in [0.1, 0.15) is 48.5 Å². The Kier molecular flexibility index (Phi) is 5.36. The van der Waals surface area contributed by atoms with Crippen molar-refractivity contribution in [1.29, 1.82) is 0 Å². The molecule has 0 aliphatic rings. The van der Waals surface area contributed by atoms with Gasteiger partial charge in [-0.3, -0.25) is 4.79 Å². The molecule has 0 saturated carbocycles. The number of benzene rings is 2. The van der Waals surface area contributed by atoms with Crippen LogP contribution >= 0.6 is 11.3 Å². The molecule has 0 spiro atoms. The van der Waals surface area contributed by atoms with Gasteiger partial charge in [0.25, 0.3) is 0 Å². The lowest BCUT2D eigenvalue weighted by atomic mass is 9.82. The van der Waals surface area contributed by atoms with E-state index < -0.39 is 0 Å². The summed E-state index contributed by atoms with van der Waals surface area (Å²) < 4.78 is 1.18. The molecular formula is C22H25NOS. The van der Waals surface area contributed by atoms with Crippen molar-refractivity contribution < 1.29 is 4.79 Å². The maximum Gasteiger partial charge on any atom is 0.174 e. The molecule has 1 atom stereocenters. The van der Waals surface area contributed by atoms with Gasteiger partial charge in [-0.2, -0.15) is 0 Å². The second-order valence-corrected chi connectivity index (χ2v) is 8.57. The molecule has 0 aliphatic carbocycles. The smallest absolute Gasteiger partial charge is 0.174 e. The summed E-state index contributed by atoms with van der Waals surface area (Å²) in [4.78, 5) is 13.4. The standard InChI is InChI=1S/C22H25NOS/c1-22(2,3)21(16-9-5-4-6-10-16)23-14-13-18(24)20-15-17-11-7-8-12-19(17)25-20/h4-12,15,21,23H,13-14H2,1-3H3. The summed E-state index contributed by atoms with van der Waals surface area (Å²) in [6, 6.07) is 20.9. The molecule has 3 rings (SSSR count). The van der Waals surface area contributed by atoms with Gasteiger partial charge in [0.2, 0.25) is 0 Å². The molecule has 0 bridgehead atoms. The maximum atomic E-state index is 12.6. The van der Waals surface area contributed by atoms with Crippen molar-refractivity contribution in [2.45, 2.75) is 33.2 Å². The highest BCUT2D eigenvalue weighted by molar-refractivity contribution is 7.20. The summed E-state index contributed by atoms with van der Waals surface area (Å²) in [5, 5.41) is 4.75. The maximum absolute atomic E-state index is 12.6. The Morgan fingerprint density at radius 1 is 1.04 bits per heavy atom. The number of thiophene rings is 1. The molecule has 3 aromatic rings. The monoisotopic (exact) mass is 351 g/mol. The van der Waals surface area contributed by atoms with Crippen LogP contribution in [-0.2, 0) is 0 Å². The quantitative estimate of drug-likeness (QED) is 0.564. The third kappa shape index (κ3) is 4.36. The number of Topliss-reactive ketones (excluding diaryl/α,β-unsaturated/α-hetero) is 1. The van der Waals surface area contributed by atoms with Crippen molar-refractivity contribution in [2.24, 2.45) is 5.41 Å². The fourth-order valence-electron chi connectivity index (χ4n) is 3.14. The van der Waals surface area contributed by atoms with Crippen LogP contribution in [0.3, 0.4) is 0 Å². The van der Waals surface area contributed by atoms with Gasteiger partial charge >= 0.3 is 0 Å². The van der Waals surface area contributed by atoms with Crippen LogP contribution in [-0.4, -0.2) is 12.3 Å². The normalized spacial score (nSPS) is 13.1. The second kappa shape index (κ2) is 7.51. The summed E-state index contributed by atoms with van der Waals surface area (Å²) >= 11 is 1.59. The molecule has 1 heterocycles. The number of fused-ring (bicyclic) bond motifs is 1. The molecule has 0 amide bonds. The first-order chi connectivity index (χ1) is 11.9. The predicted molar refractivity (Wildman–Crippen MR) is 107 cm³/mol. The molecule has 1 N–H and O–H groups in total. The highest BCUT2D eigenvalue weighted by Crippen LogP contribution is 2.32. The van der Waals surface area contributed by atoms with E-state index in [4.69, 9.17) is 0 Å². The molecule has 2 nitrogen and oxygen atoms in total. The highest BCUT2D eigenvalue weighted by Gasteiger charge is 2.25. The molecule has 25 heavy (non-hydrogen) atoms. The van der Waals surface area contributed by atoms with Crippen LogP contribution in [0.15, 0.2) is 60.7 Å². The van der Waals surface area contributed by atoms with Crippen LogP contribution in [0, 0.1) is 5.41 Å². The van der Waals surface area contributed by atoms with Gasteiger partial charge in [-0.05, 0) is 28.5 Å². The fraction of sp³-hybridized carbons (Fsp3) is 0.318. The van der Waals surface area contributed by atoms with Crippen LogP contribution in [0.2, 0.25) is 0 Å². The zero-order valence-electron chi connectivity index (χ0n) is 15.1. The van der Waals surface area contributed by atoms with Crippen LogP contribution in [0.5, 0.6) is 0 Å². The summed E-state index contributed by atoms with van der Waals surface area (Å²) in [6.07, 6.45) is 0.520. The molecule has 1 unspecified atom stereocenters. The summed E-state index contributed by atoms with van der Waals surface area (Å²) in [7, 11) is 0. The van der Waals surface area contributed by atoms with Crippen molar-refractivity contribution in [3.63, 3.8) is 0 Å². The molecule has 0 radical (unpaired) electrons. The zero-order chi connectivity index (χ0) is 17.9. The van der Waals surface area contributed by atoms with Gasteiger partial charge in [0.15, 0.2) is 5.78 Å². The predicted octanol–water partition coefficient (Wildman–Crippen LogP) is 5.85. The lowest BCUT2D eigenvalue weighted by molar-refractivity contribution is 0.0982. The minimum absolute atomic E-state index is 0.0853.